The molecule has 0 bridgehead atoms. The maximum absolute atomic E-state index is 12.5. The molecule has 23 heteroatoms. The molecule has 1 aliphatic rings. The zero-order chi connectivity index (χ0) is 68.6. The number of ketones is 2. The number of aryl methyl sites for hydroxylation is 4. The fourth-order valence-corrected chi connectivity index (χ4v) is 19.0. The Labute approximate surface area is 575 Å². The lowest BCUT2D eigenvalue weighted by atomic mass is 9.98. The van der Waals surface area contributed by atoms with Crippen molar-refractivity contribution in [2.45, 2.75) is 133 Å². The van der Waals surface area contributed by atoms with E-state index in [4.69, 9.17) is 25.1 Å². The molecule has 0 atom stereocenters. The average molecular weight is 1400 g/mol. The van der Waals surface area contributed by atoms with E-state index in [1.165, 1.54) is 38.2 Å². The number of rotatable bonds is 24. The minimum absolute atomic E-state index is 0. The van der Waals surface area contributed by atoms with Gasteiger partial charge in [-0.15, -0.1) is 24.8 Å². The maximum Gasteiger partial charge on any atom is 0.382 e. The molecule has 0 aliphatic carbocycles. The van der Waals surface area contributed by atoms with Gasteiger partial charge in [0.2, 0.25) is 0 Å². The third kappa shape index (κ3) is 30.1. The highest BCUT2D eigenvalue weighted by molar-refractivity contribution is 7.80. The number of halogens is 2. The number of amides is 1. The first-order valence-corrected chi connectivity index (χ1v) is 36.6. The van der Waals surface area contributed by atoms with Crippen LogP contribution in [0.2, 0.25) is 0 Å². The van der Waals surface area contributed by atoms with Gasteiger partial charge in [0.25, 0.3) is 5.91 Å². The Morgan fingerprint density at radius 2 is 0.884 bits per heavy atom. The molecular formula is C72H94Cl2N7O11P3. The maximum atomic E-state index is 12.5. The van der Waals surface area contributed by atoms with Gasteiger partial charge in [0, 0.05) is 98.7 Å². The molecule has 6 N–H and O–H groups in total. The van der Waals surface area contributed by atoms with Gasteiger partial charge in [0.1, 0.15) is 22.9 Å². The molecule has 1 amide bonds. The smallest absolute Gasteiger partial charge is 0.382 e. The molecule has 9 rings (SSSR count). The number of aliphatic carboxylic acids is 1. The first-order valence-electron chi connectivity index (χ1n) is 32.4. The first-order chi connectivity index (χ1) is 45.4. The molecule has 512 valence electrons. The number of hydrogen-bond donors (Lipinski definition) is 5. The lowest BCUT2D eigenvalue weighted by Crippen LogP contribution is -2.21. The normalized spacial score (nSPS) is 15.8. The minimum atomic E-state index is -3.57. The van der Waals surface area contributed by atoms with Gasteiger partial charge in [-0.05, 0) is 146 Å². The summed E-state index contributed by atoms with van der Waals surface area (Å²) in [6.07, 6.45) is 14.2. The van der Waals surface area contributed by atoms with E-state index in [-0.39, 0.29) is 60.8 Å². The molecule has 0 unspecified atom stereocenters. The fraction of sp³-hybridized carbons (Fsp3) is 0.361. The van der Waals surface area contributed by atoms with Crippen molar-refractivity contribution in [3.05, 3.63) is 203 Å². The number of nitrogens with two attached hydrogens (primary N) is 1. The molecule has 1 fully saturated rings. The Morgan fingerprint density at radius 3 is 1.25 bits per heavy atom. The zero-order valence-corrected chi connectivity index (χ0v) is 59.9. The Kier molecular flexibility index (Phi) is 39.0. The van der Waals surface area contributed by atoms with Crippen LogP contribution in [0, 0.1) is 23.7 Å². The number of aromatic nitrogens is 4. The molecule has 4 aromatic carbocycles. The number of nitrogens with one attached hydrogen (secondary N) is 3. The molecule has 8 aromatic rings. The number of carboxylic acids is 1. The Bertz CT molecular complexity index is 3820. The number of H-pyrrole nitrogens is 2. The van der Waals surface area contributed by atoms with Crippen LogP contribution in [0.1, 0.15) is 140 Å². The molecular weight excluding hydrogens is 1300 g/mol. The van der Waals surface area contributed by atoms with Crippen molar-refractivity contribution >= 4 is 93.1 Å². The second-order valence-electron chi connectivity index (χ2n) is 21.3. The van der Waals surface area contributed by atoms with Crippen molar-refractivity contribution in [2.75, 3.05) is 38.1 Å². The molecule has 0 spiro atoms. The number of aromatic amines is 2. The van der Waals surface area contributed by atoms with Crippen LogP contribution in [0.25, 0.3) is 22.1 Å². The van der Waals surface area contributed by atoms with E-state index in [0.717, 1.165) is 68.3 Å². The van der Waals surface area contributed by atoms with Crippen LogP contribution in [0.3, 0.4) is 0 Å². The van der Waals surface area contributed by atoms with Crippen LogP contribution in [0.15, 0.2) is 158 Å². The number of benzene rings is 4. The van der Waals surface area contributed by atoms with Gasteiger partial charge in [0.05, 0.1) is 18.5 Å². The van der Waals surface area contributed by atoms with Crippen molar-refractivity contribution in [1.82, 2.24) is 30.2 Å². The number of carbonyl (C=O) groups is 4. The SMILES string of the molecule is CCCP1(=O)OP(=O)(CCC)OP(=O)(CCC)O1.CCN(CC)CC.Cl.Cl.NCc1ccccc1CCC(=O)CCc1ccnc2[nH]ccc12.O=C(CCc1ccccc1CNC(=O)C#Cc1ccccc1)CCc1ccnc2[nH]ccc12.O=C(O)C#Cc1ccccc1.[2H]C. The van der Waals surface area contributed by atoms with Gasteiger partial charge >= 0.3 is 28.8 Å². The van der Waals surface area contributed by atoms with Crippen molar-refractivity contribution in [3.63, 3.8) is 0 Å². The Morgan fingerprint density at radius 1 is 0.526 bits per heavy atom. The highest BCUT2D eigenvalue weighted by Crippen LogP contribution is 2.82. The molecule has 5 heterocycles. The number of carbonyl (C=O) groups excluding carboxylic acids is 3. The fourth-order valence-electron chi connectivity index (χ4n) is 9.66. The second kappa shape index (κ2) is 45.2. The standard InChI is InChI=1S/C28H25N3O2.C19H21N3O.C9H21O6P3.C9H6O2.C6H15N.CH4.2ClH/c32-25(14-12-23-16-18-29-28-26(23)17-19-30-28)13-11-22-8-4-5-9-24(22)20-31-27(33)15-10-21-6-2-1-3-7-21;20-13-16-4-2-1-3-14(16)5-7-17(23)8-6-15-9-11-21-19-18(15)10-12-22-19;1-4-7-16(10)13-17(11,8-5-2)15-18(12,14-16)9-6-3;10-9(11)7-6-8-4-2-1-3-5-8;1-4-7(5-2)6-3;;;/h1-9,16-19H,11-14,20H2,(H,29,30)(H,31,33);1-4,9-12H,5-8,13,20H2,(H,21,22);4-9H2,1-3H3;1-5H,(H,10,11);4-6H2,1-3H3;1H4;2*1H/i;;;;;1D;;. The topological polar surface area (TPSA) is 266 Å². The van der Waals surface area contributed by atoms with Crippen LogP contribution in [-0.2, 0) is 84.6 Å². The molecule has 18 nitrogen and oxygen atoms in total. The number of fused-ring (bicyclic) bond motifs is 2. The number of hydrogen-bond acceptors (Lipinski definition) is 14. The molecule has 4 aromatic heterocycles. The van der Waals surface area contributed by atoms with Gasteiger partial charge in [0.15, 0.2) is 0 Å². The summed E-state index contributed by atoms with van der Waals surface area (Å²) in [6.45, 7) is 16.4. The predicted molar refractivity (Wildman–Crippen MR) is 389 cm³/mol. The number of carboxylic acid groups (broad SMARTS) is 1. The van der Waals surface area contributed by atoms with Gasteiger partial charge in [-0.25, -0.2) is 27.7 Å². The van der Waals surface area contributed by atoms with Crippen molar-refractivity contribution in [3.8, 4) is 23.7 Å². The average Bonchev–Trinajstić information content (AvgIpc) is 1.09. The largest absolute Gasteiger partial charge is 0.472 e. The van der Waals surface area contributed by atoms with Crippen LogP contribution in [-0.4, -0.2) is 91.5 Å². The summed E-state index contributed by atoms with van der Waals surface area (Å²) in [7, 11) is -9.45. The van der Waals surface area contributed by atoms with Crippen LogP contribution in [0.5, 0.6) is 0 Å². The summed E-state index contributed by atoms with van der Waals surface area (Å²) >= 11 is 0. The van der Waals surface area contributed by atoms with Crippen molar-refractivity contribution < 1.29 is 52.3 Å². The highest BCUT2D eigenvalue weighted by Gasteiger charge is 2.51. The molecule has 1 saturated heterocycles. The van der Waals surface area contributed by atoms with E-state index >= 15 is 0 Å². The monoisotopic (exact) mass is 1400 g/mol. The Balaban J connectivity index is 0.000000437. The Hall–Kier alpha value is -7.27. The van der Waals surface area contributed by atoms with E-state index in [0.29, 0.717) is 70.9 Å². The van der Waals surface area contributed by atoms with E-state index in [1.54, 1.807) is 45.3 Å². The van der Waals surface area contributed by atoms with E-state index in [9.17, 15) is 32.9 Å². The van der Waals surface area contributed by atoms with Crippen molar-refractivity contribution in [1.29, 1.82) is 0 Å². The van der Waals surface area contributed by atoms with Crippen LogP contribution >= 0.6 is 47.6 Å². The number of pyridine rings is 2. The zero-order valence-electron chi connectivity index (χ0n) is 56.6. The minimum Gasteiger partial charge on any atom is -0.472 e. The molecule has 0 radical (unpaired) electrons. The summed E-state index contributed by atoms with van der Waals surface area (Å²) in [4.78, 5) is 64.0. The summed E-state index contributed by atoms with van der Waals surface area (Å²) in [6, 6.07) is 42.3. The number of nitrogens with zero attached hydrogens (tertiary/aromatic N) is 3. The summed E-state index contributed by atoms with van der Waals surface area (Å²) < 4.78 is 58.0. The van der Waals surface area contributed by atoms with Gasteiger partial charge in [-0.1, -0.05) is 146 Å². The van der Waals surface area contributed by atoms with Gasteiger partial charge in [-0.3, -0.25) is 28.1 Å². The molecule has 0 saturated carbocycles. The third-order valence-corrected chi connectivity index (χ3v) is 23.4. The summed E-state index contributed by atoms with van der Waals surface area (Å²) in [5.74, 6) is 9.09. The molecule has 95 heavy (non-hydrogen) atoms. The lowest BCUT2D eigenvalue weighted by molar-refractivity contribution is -0.130. The van der Waals surface area contributed by atoms with E-state index in [2.05, 4.69) is 74.8 Å². The third-order valence-electron chi connectivity index (χ3n) is 14.5. The summed E-state index contributed by atoms with van der Waals surface area (Å²) in [5, 5.41) is 13.2. The summed E-state index contributed by atoms with van der Waals surface area (Å²) in [5.41, 5.74) is 15.7. The van der Waals surface area contributed by atoms with Gasteiger partial charge in [-0.2, -0.15) is 0 Å². The first kappa shape index (κ1) is 82.0. The van der Waals surface area contributed by atoms with Crippen LogP contribution in [0.4, 0.5) is 0 Å². The highest BCUT2D eigenvalue weighted by atomic mass is 35.5. The number of Topliss-reactive ketones (excluding diaryl/α,β-unsaturated/α-hetero) is 2. The quantitative estimate of drug-likeness (QED) is 0.0278. The van der Waals surface area contributed by atoms with Crippen LogP contribution < -0.4 is 11.1 Å². The molecule has 1 aliphatic heterocycles. The van der Waals surface area contributed by atoms with E-state index < -0.39 is 28.8 Å². The van der Waals surface area contributed by atoms with Crippen molar-refractivity contribution in [2.24, 2.45) is 5.73 Å². The van der Waals surface area contributed by atoms with E-state index in [1.807, 2.05) is 134 Å². The lowest BCUT2D eigenvalue weighted by Gasteiger charge is -2.33. The van der Waals surface area contributed by atoms with Gasteiger partial charge < -0.3 is 31.0 Å². The second-order valence-corrected chi connectivity index (χ2v) is 28.3. The predicted octanol–water partition coefficient (Wildman–Crippen LogP) is 16.3.